The van der Waals surface area contributed by atoms with Gasteiger partial charge in [0.05, 0.1) is 11.4 Å². The molecule has 1 aliphatic heterocycles. The molecule has 0 radical (unpaired) electrons. The summed E-state index contributed by atoms with van der Waals surface area (Å²) in [5, 5.41) is 8.10. The van der Waals surface area contributed by atoms with Crippen LogP contribution < -0.4 is 10.1 Å². The third kappa shape index (κ3) is 1.57. The second-order valence-electron chi connectivity index (χ2n) is 5.43. The van der Waals surface area contributed by atoms with E-state index in [0.717, 1.165) is 4.59 Å². The molecule has 5 nitrogen and oxygen atoms in total. The number of hydrogen-bond acceptors (Lipinski definition) is 3. The number of nitrogens with zero attached hydrogens (tertiary/aromatic N) is 5. The third-order valence-corrected chi connectivity index (χ3v) is 3.94. The van der Waals surface area contributed by atoms with Gasteiger partial charge in [0.1, 0.15) is 5.69 Å². The van der Waals surface area contributed by atoms with Crippen LogP contribution >= 0.6 is 0 Å². The largest absolute Gasteiger partial charge is 0.671 e. The van der Waals surface area contributed by atoms with Crippen molar-refractivity contribution in [2.24, 2.45) is 0 Å². The molecule has 0 aliphatic carbocycles. The van der Waals surface area contributed by atoms with E-state index in [-0.39, 0.29) is 11.3 Å². The minimum Gasteiger partial charge on any atom is -0.406 e. The SMILES string of the molecule is Cc1cc(C)[n+]2n1-c1nnc(-c3ccccn3)cc1[B-]2(F)F. The Labute approximate surface area is 125 Å². The highest BCUT2D eigenvalue weighted by Crippen LogP contribution is 2.22. The van der Waals surface area contributed by atoms with Crippen LogP contribution in [0.25, 0.3) is 17.2 Å². The Balaban J connectivity index is 1.97. The fraction of sp³-hybridized carbons (Fsp3) is 0.143. The van der Waals surface area contributed by atoms with Crippen LogP contribution in [0.4, 0.5) is 8.63 Å². The predicted molar refractivity (Wildman–Crippen MR) is 77.3 cm³/mol. The van der Waals surface area contributed by atoms with Crippen LogP contribution in [0.15, 0.2) is 36.5 Å². The molecule has 0 fully saturated rings. The monoisotopic (exact) mass is 299 g/mol. The molecule has 3 aromatic heterocycles. The van der Waals surface area contributed by atoms with Gasteiger partial charge < -0.3 is 8.63 Å². The predicted octanol–water partition coefficient (Wildman–Crippen LogP) is 1.18. The Kier molecular flexibility index (Phi) is 2.49. The van der Waals surface area contributed by atoms with Crippen LogP contribution in [0, 0.1) is 13.8 Å². The molecular weight excluding hydrogens is 287 g/mol. The van der Waals surface area contributed by atoms with Crippen molar-refractivity contribution in [1.29, 1.82) is 0 Å². The van der Waals surface area contributed by atoms with Crippen LogP contribution in [0.3, 0.4) is 0 Å². The highest BCUT2D eigenvalue weighted by Gasteiger charge is 2.54. The summed E-state index contributed by atoms with van der Waals surface area (Å²) in [6, 6.07) is 8.38. The smallest absolute Gasteiger partial charge is 0.406 e. The highest BCUT2D eigenvalue weighted by molar-refractivity contribution is 6.73. The van der Waals surface area contributed by atoms with Gasteiger partial charge in [0.15, 0.2) is 11.5 Å². The van der Waals surface area contributed by atoms with Gasteiger partial charge in [-0.2, -0.15) is 4.68 Å². The Hall–Kier alpha value is -2.64. The average Bonchev–Trinajstić information content (AvgIpc) is 2.94. The fourth-order valence-corrected chi connectivity index (χ4v) is 3.02. The van der Waals surface area contributed by atoms with Gasteiger partial charge in [-0.25, -0.2) is 0 Å². The summed E-state index contributed by atoms with van der Waals surface area (Å²) >= 11 is 0. The van der Waals surface area contributed by atoms with Crippen LogP contribution in [-0.4, -0.2) is 26.7 Å². The second-order valence-corrected chi connectivity index (χ2v) is 5.43. The molecule has 110 valence electrons. The first-order valence-corrected chi connectivity index (χ1v) is 6.93. The summed E-state index contributed by atoms with van der Waals surface area (Å²) < 4.78 is 32.1. The van der Waals surface area contributed by atoms with Gasteiger partial charge in [0.2, 0.25) is 0 Å². The summed E-state index contributed by atoms with van der Waals surface area (Å²) in [6.07, 6.45) is 1.60. The van der Waals surface area contributed by atoms with Crippen molar-refractivity contribution in [3.8, 4) is 17.2 Å². The molecule has 0 saturated heterocycles. The first-order chi connectivity index (χ1) is 10.5. The molecule has 0 aromatic carbocycles. The van der Waals surface area contributed by atoms with Crippen molar-refractivity contribution in [2.75, 3.05) is 0 Å². The number of fused-ring (bicyclic) bond motifs is 3. The molecule has 0 saturated carbocycles. The molecule has 1 aliphatic rings. The standard InChI is InChI=1S/C14H12BF2N5/c1-9-7-10(2)22-15(16,17)11-8-13(12-5-3-4-6-18-12)19-20-14(11)21(9)22/h3-8H,1-2H3. The molecule has 3 aromatic rings. The number of hydrogen-bond donors (Lipinski definition) is 0. The maximum Gasteiger partial charge on any atom is 0.671 e. The summed E-state index contributed by atoms with van der Waals surface area (Å²) in [6.45, 7) is -0.465. The topological polar surface area (TPSA) is 47.5 Å². The minimum absolute atomic E-state index is 0.0950. The van der Waals surface area contributed by atoms with Crippen molar-refractivity contribution in [1.82, 2.24) is 19.9 Å². The molecular formula is C14H12BF2N5. The Morgan fingerprint density at radius 3 is 2.64 bits per heavy atom. The summed E-state index contributed by atoms with van der Waals surface area (Å²) in [4.78, 5) is 4.14. The van der Waals surface area contributed by atoms with Crippen molar-refractivity contribution in [3.63, 3.8) is 0 Å². The van der Waals surface area contributed by atoms with Crippen LogP contribution in [0.2, 0.25) is 0 Å². The lowest BCUT2D eigenvalue weighted by molar-refractivity contribution is -0.644. The molecule has 8 heteroatoms. The van der Waals surface area contributed by atoms with Gasteiger partial charge in [-0.05, 0) is 24.5 Å². The van der Waals surface area contributed by atoms with Crippen molar-refractivity contribution in [2.45, 2.75) is 13.8 Å². The first kappa shape index (κ1) is 13.1. The van der Waals surface area contributed by atoms with Crippen LogP contribution in [0.1, 0.15) is 11.4 Å². The maximum absolute atomic E-state index is 14.8. The Morgan fingerprint density at radius 2 is 1.91 bits per heavy atom. The van der Waals surface area contributed by atoms with E-state index in [4.69, 9.17) is 0 Å². The molecule has 22 heavy (non-hydrogen) atoms. The van der Waals surface area contributed by atoms with Gasteiger partial charge in [0.25, 0.3) is 0 Å². The fourth-order valence-electron chi connectivity index (χ4n) is 3.02. The van der Waals surface area contributed by atoms with E-state index in [2.05, 4.69) is 15.2 Å². The van der Waals surface area contributed by atoms with Crippen molar-refractivity contribution < 1.29 is 13.2 Å². The number of aryl methyl sites for hydroxylation is 2. The molecule has 4 rings (SSSR count). The molecule has 0 spiro atoms. The van der Waals surface area contributed by atoms with E-state index in [0.29, 0.717) is 22.8 Å². The molecule has 0 unspecified atom stereocenters. The lowest BCUT2D eigenvalue weighted by atomic mass is 9.72. The van der Waals surface area contributed by atoms with Crippen molar-refractivity contribution in [3.05, 3.63) is 47.9 Å². The van der Waals surface area contributed by atoms with Gasteiger partial charge in [-0.1, -0.05) is 12.1 Å². The first-order valence-electron chi connectivity index (χ1n) is 6.93. The van der Waals surface area contributed by atoms with E-state index in [9.17, 15) is 8.63 Å². The number of rotatable bonds is 1. The van der Waals surface area contributed by atoms with E-state index < -0.39 is 6.84 Å². The normalized spacial score (nSPS) is 14.7. The highest BCUT2D eigenvalue weighted by atomic mass is 19.2. The lowest BCUT2D eigenvalue weighted by Crippen LogP contribution is -2.65. The quantitative estimate of drug-likeness (QED) is 0.634. The van der Waals surface area contributed by atoms with E-state index in [1.54, 1.807) is 44.3 Å². The zero-order valence-corrected chi connectivity index (χ0v) is 12.0. The summed E-state index contributed by atoms with van der Waals surface area (Å²) in [5.74, 6) is 0.190. The molecule has 4 heterocycles. The Morgan fingerprint density at radius 1 is 1.09 bits per heavy atom. The maximum atomic E-state index is 14.8. The summed E-state index contributed by atoms with van der Waals surface area (Å²) in [7, 11) is 0. The van der Waals surface area contributed by atoms with Gasteiger partial charge >= 0.3 is 6.84 Å². The lowest BCUT2D eigenvalue weighted by Gasteiger charge is -2.10. The number of aromatic nitrogens is 5. The Bertz CT molecular complexity index is 892. The van der Waals surface area contributed by atoms with Crippen molar-refractivity contribution >= 4 is 12.3 Å². The van der Waals surface area contributed by atoms with Crippen LogP contribution in [0.5, 0.6) is 0 Å². The average molecular weight is 299 g/mol. The molecule has 0 atom stereocenters. The molecule has 0 amide bonds. The second kappa shape index (κ2) is 4.19. The van der Waals surface area contributed by atoms with E-state index in [1.165, 1.54) is 10.7 Å². The minimum atomic E-state index is -3.91. The van der Waals surface area contributed by atoms with Gasteiger partial charge in [-0.15, -0.1) is 10.2 Å². The van der Waals surface area contributed by atoms with Gasteiger partial charge in [-0.3, -0.25) is 9.58 Å². The zero-order valence-electron chi connectivity index (χ0n) is 12.0. The summed E-state index contributed by atoms with van der Waals surface area (Å²) in [5.41, 5.74) is 1.99. The number of pyridine rings is 1. The molecule has 0 bridgehead atoms. The van der Waals surface area contributed by atoms with E-state index in [1.807, 2.05) is 0 Å². The zero-order chi connectivity index (χ0) is 15.5. The molecule has 0 N–H and O–H groups in total. The number of halogens is 2. The third-order valence-electron chi connectivity index (χ3n) is 3.94. The van der Waals surface area contributed by atoms with Gasteiger partial charge in [0, 0.05) is 19.2 Å². The van der Waals surface area contributed by atoms with Crippen LogP contribution in [-0.2, 0) is 0 Å². The van der Waals surface area contributed by atoms with E-state index >= 15 is 0 Å².